The van der Waals surface area contributed by atoms with Crippen LogP contribution in [0.5, 0.6) is 5.75 Å². The van der Waals surface area contributed by atoms with Crippen molar-refractivity contribution in [1.29, 1.82) is 0 Å². The molecule has 0 fully saturated rings. The summed E-state index contributed by atoms with van der Waals surface area (Å²) < 4.78 is 5.44. The van der Waals surface area contributed by atoms with Gasteiger partial charge < -0.3 is 14.7 Å². The van der Waals surface area contributed by atoms with Gasteiger partial charge in [0, 0.05) is 18.7 Å². The summed E-state index contributed by atoms with van der Waals surface area (Å²) in [6.45, 7) is 7.12. The number of para-hydroxylation sites is 2. The lowest BCUT2D eigenvalue weighted by Gasteiger charge is -2.21. The van der Waals surface area contributed by atoms with Crippen molar-refractivity contribution in [3.05, 3.63) is 107 Å². The Hall–Kier alpha value is -3.22. The predicted molar refractivity (Wildman–Crippen MR) is 130 cm³/mol. The van der Waals surface area contributed by atoms with Crippen LogP contribution in [0.15, 0.2) is 91.0 Å². The fourth-order valence-electron chi connectivity index (χ4n) is 2.48. The van der Waals surface area contributed by atoms with E-state index in [2.05, 4.69) is 18.7 Å². The Morgan fingerprint density at radius 2 is 1.34 bits per heavy atom. The summed E-state index contributed by atoms with van der Waals surface area (Å²) in [6.07, 6.45) is -0.211. The number of nitrogens with zero attached hydrogens (tertiary/aromatic N) is 2. The van der Waals surface area contributed by atoms with Crippen LogP contribution >= 0.6 is 0 Å². The number of nitro groups is 1. The van der Waals surface area contributed by atoms with Crippen LogP contribution in [0.3, 0.4) is 0 Å². The maximum Gasteiger partial charge on any atom is 0.310 e. The summed E-state index contributed by atoms with van der Waals surface area (Å²) in [4.78, 5) is 12.4. The van der Waals surface area contributed by atoms with Crippen LogP contribution in [0.1, 0.15) is 26.3 Å². The fourth-order valence-corrected chi connectivity index (χ4v) is 2.48. The zero-order valence-corrected chi connectivity index (χ0v) is 19.3. The number of benzene rings is 3. The molecule has 0 bridgehead atoms. The van der Waals surface area contributed by atoms with Crippen molar-refractivity contribution in [3.8, 4) is 5.75 Å². The number of nitro benzene ring substituents is 1. The van der Waals surface area contributed by atoms with Gasteiger partial charge in [-0.2, -0.15) is 0 Å². The van der Waals surface area contributed by atoms with Gasteiger partial charge >= 0.3 is 5.69 Å². The molecule has 1 atom stereocenters. The second-order valence-electron chi connectivity index (χ2n) is 7.54. The van der Waals surface area contributed by atoms with Gasteiger partial charge in [0.1, 0.15) is 6.61 Å². The van der Waals surface area contributed by atoms with Gasteiger partial charge in [-0.25, -0.2) is 0 Å². The van der Waals surface area contributed by atoms with Gasteiger partial charge in [0.05, 0.1) is 11.0 Å². The van der Waals surface area contributed by atoms with Crippen LogP contribution in [0.4, 0.5) is 5.69 Å². The van der Waals surface area contributed by atoms with E-state index in [1.54, 1.807) is 25.1 Å². The van der Waals surface area contributed by atoms with Gasteiger partial charge in [0.2, 0.25) is 0 Å². The highest BCUT2D eigenvalue weighted by Crippen LogP contribution is 2.26. The molecule has 1 unspecified atom stereocenters. The van der Waals surface area contributed by atoms with Gasteiger partial charge in [-0.3, -0.25) is 10.1 Å². The fraction of sp³-hybridized carbons (Fsp3) is 0.308. The zero-order valence-electron chi connectivity index (χ0n) is 19.3. The molecule has 0 amide bonds. The average molecular weight is 439 g/mol. The van der Waals surface area contributed by atoms with Gasteiger partial charge in [0.25, 0.3) is 0 Å². The van der Waals surface area contributed by atoms with Gasteiger partial charge in [-0.15, -0.1) is 0 Å². The number of hydrogen-bond acceptors (Lipinski definition) is 5. The van der Waals surface area contributed by atoms with Crippen LogP contribution in [0, 0.1) is 10.1 Å². The van der Waals surface area contributed by atoms with E-state index in [4.69, 9.17) is 9.84 Å². The highest BCUT2D eigenvalue weighted by molar-refractivity contribution is 5.45. The Labute approximate surface area is 191 Å². The number of ether oxygens (including phenoxy) is 1. The minimum atomic E-state index is -0.444. The van der Waals surface area contributed by atoms with E-state index in [-0.39, 0.29) is 11.8 Å². The molecule has 0 heterocycles. The predicted octanol–water partition coefficient (Wildman–Crippen LogP) is 5.57. The SMILES string of the molecule is CC(O)CN(C)C(C)C.O=[N+]([O-])c1ccccc1OCc1ccccc1.c1ccccc1. The third-order valence-corrected chi connectivity index (χ3v) is 4.40. The molecule has 0 aliphatic rings. The Balaban J connectivity index is 0.000000285. The largest absolute Gasteiger partial charge is 0.482 e. The lowest BCUT2D eigenvalue weighted by atomic mass is 10.2. The monoisotopic (exact) mass is 438 g/mol. The molecular weight excluding hydrogens is 404 g/mol. The summed E-state index contributed by atoms with van der Waals surface area (Å²) in [7, 11) is 2.01. The molecule has 0 saturated carbocycles. The Bertz CT molecular complexity index is 845. The quantitative estimate of drug-likeness (QED) is 0.386. The number of aliphatic hydroxyl groups excluding tert-OH is 1. The zero-order chi connectivity index (χ0) is 23.8. The van der Waals surface area contributed by atoms with Crippen molar-refractivity contribution in [2.45, 2.75) is 39.5 Å². The molecular formula is C26H34N2O4. The number of likely N-dealkylation sites (N-methyl/N-ethyl adjacent to an activating group) is 1. The number of rotatable bonds is 7. The standard InChI is InChI=1S/C13H11NO3.C7H17NO.C6H6/c15-14(16)12-8-4-5-9-13(12)17-10-11-6-2-1-3-7-11;1-6(2)8(4)5-7(3)9;1-2-4-6-5-3-1/h1-9H,10H2;6-7,9H,5H2,1-4H3;1-6H. The summed E-state index contributed by atoms with van der Waals surface area (Å²) in [5.74, 6) is 0.293. The van der Waals surface area contributed by atoms with Crippen molar-refractivity contribution >= 4 is 5.69 Å². The first-order chi connectivity index (χ1) is 15.3. The number of aliphatic hydroxyl groups is 1. The van der Waals surface area contributed by atoms with Crippen LogP contribution in [0.25, 0.3) is 0 Å². The third kappa shape index (κ3) is 11.8. The molecule has 3 rings (SSSR count). The molecule has 3 aromatic carbocycles. The Morgan fingerprint density at radius 1 is 0.875 bits per heavy atom. The lowest BCUT2D eigenvalue weighted by Crippen LogP contribution is -2.32. The van der Waals surface area contributed by atoms with Crippen LogP contribution < -0.4 is 4.74 Å². The first kappa shape index (κ1) is 26.8. The normalized spacial score (nSPS) is 11.0. The van der Waals surface area contributed by atoms with Gasteiger partial charge in [-0.1, -0.05) is 78.9 Å². The average Bonchev–Trinajstić information content (AvgIpc) is 2.80. The van der Waals surface area contributed by atoms with Crippen LogP contribution in [0.2, 0.25) is 0 Å². The van der Waals surface area contributed by atoms with E-state index in [1.165, 1.54) is 6.07 Å². The molecule has 0 spiro atoms. The number of hydrogen-bond donors (Lipinski definition) is 1. The summed E-state index contributed by atoms with van der Waals surface area (Å²) >= 11 is 0. The maximum atomic E-state index is 10.8. The molecule has 32 heavy (non-hydrogen) atoms. The molecule has 1 N–H and O–H groups in total. The topological polar surface area (TPSA) is 75.8 Å². The van der Waals surface area contributed by atoms with Crippen molar-refractivity contribution in [1.82, 2.24) is 4.90 Å². The molecule has 0 aliphatic heterocycles. The molecule has 6 nitrogen and oxygen atoms in total. The van der Waals surface area contributed by atoms with E-state index in [0.717, 1.165) is 12.1 Å². The molecule has 3 aromatic rings. The summed E-state index contributed by atoms with van der Waals surface area (Å²) in [6, 6.07) is 28.4. The first-order valence-electron chi connectivity index (χ1n) is 10.6. The van der Waals surface area contributed by atoms with Crippen LogP contribution in [-0.2, 0) is 6.61 Å². The minimum absolute atomic E-state index is 0.0107. The second kappa shape index (κ2) is 15.6. The lowest BCUT2D eigenvalue weighted by molar-refractivity contribution is -0.385. The van der Waals surface area contributed by atoms with E-state index in [0.29, 0.717) is 18.4 Å². The van der Waals surface area contributed by atoms with Crippen molar-refractivity contribution in [3.63, 3.8) is 0 Å². The molecule has 0 radical (unpaired) electrons. The van der Waals surface area contributed by atoms with Crippen molar-refractivity contribution < 1.29 is 14.8 Å². The maximum absolute atomic E-state index is 10.8. The smallest absolute Gasteiger partial charge is 0.310 e. The van der Waals surface area contributed by atoms with E-state index >= 15 is 0 Å². The highest BCUT2D eigenvalue weighted by Gasteiger charge is 2.13. The summed E-state index contributed by atoms with van der Waals surface area (Å²) in [5, 5.41) is 19.7. The minimum Gasteiger partial charge on any atom is -0.482 e. The van der Waals surface area contributed by atoms with E-state index in [9.17, 15) is 10.1 Å². The second-order valence-corrected chi connectivity index (χ2v) is 7.54. The van der Waals surface area contributed by atoms with E-state index < -0.39 is 4.92 Å². The Morgan fingerprint density at radius 3 is 1.78 bits per heavy atom. The molecule has 172 valence electrons. The first-order valence-corrected chi connectivity index (χ1v) is 10.6. The molecule has 6 heteroatoms. The third-order valence-electron chi connectivity index (χ3n) is 4.40. The highest BCUT2D eigenvalue weighted by atomic mass is 16.6. The molecule has 0 aliphatic carbocycles. The molecule has 0 saturated heterocycles. The summed E-state index contributed by atoms with van der Waals surface area (Å²) in [5.41, 5.74) is 0.967. The molecule has 0 aromatic heterocycles. The van der Waals surface area contributed by atoms with Gasteiger partial charge in [0.15, 0.2) is 5.75 Å². The Kier molecular flexibility index (Phi) is 13.0. The van der Waals surface area contributed by atoms with Crippen LogP contribution in [-0.4, -0.2) is 40.7 Å². The van der Waals surface area contributed by atoms with Crippen molar-refractivity contribution in [2.24, 2.45) is 0 Å². The van der Waals surface area contributed by atoms with Crippen molar-refractivity contribution in [2.75, 3.05) is 13.6 Å². The van der Waals surface area contributed by atoms with Gasteiger partial charge in [-0.05, 0) is 39.4 Å². The van der Waals surface area contributed by atoms with E-state index in [1.807, 2.05) is 73.8 Å².